The number of rotatable bonds is 5. The number of amides is 2. The molecule has 1 N–H and O–H groups in total. The van der Waals surface area contributed by atoms with Crippen molar-refractivity contribution in [3.63, 3.8) is 0 Å². The zero-order valence-corrected chi connectivity index (χ0v) is 16.1. The minimum atomic E-state index is -0.134. The number of anilines is 1. The van der Waals surface area contributed by atoms with E-state index in [4.69, 9.17) is 9.26 Å². The molecule has 3 heterocycles. The van der Waals surface area contributed by atoms with E-state index in [1.165, 1.54) is 0 Å². The Balaban J connectivity index is 1.37. The molecule has 2 aromatic heterocycles. The molecule has 0 spiro atoms. The van der Waals surface area contributed by atoms with Crippen LogP contribution in [0.4, 0.5) is 10.5 Å². The summed E-state index contributed by atoms with van der Waals surface area (Å²) in [5.74, 6) is 1.86. The summed E-state index contributed by atoms with van der Waals surface area (Å²) in [6.07, 6.45) is 7.32. The molecular formula is C20H22N6O3. The summed E-state index contributed by atoms with van der Waals surface area (Å²) in [7, 11) is 1.58. The van der Waals surface area contributed by atoms with Crippen molar-refractivity contribution in [1.82, 2.24) is 25.0 Å². The molecular weight excluding hydrogens is 372 g/mol. The highest BCUT2D eigenvalue weighted by molar-refractivity contribution is 5.91. The van der Waals surface area contributed by atoms with Crippen molar-refractivity contribution in [3.8, 4) is 17.3 Å². The van der Waals surface area contributed by atoms with Gasteiger partial charge < -0.3 is 19.5 Å². The van der Waals surface area contributed by atoms with E-state index < -0.39 is 0 Å². The number of nitrogens with one attached hydrogen (secondary N) is 1. The summed E-state index contributed by atoms with van der Waals surface area (Å²) in [6.45, 7) is 1.34. The highest BCUT2D eigenvalue weighted by Gasteiger charge is 2.26. The SMILES string of the molecule is COc1ccccc1NC(=O)N1CCCC(Cc2nc(-c3cnccn3)no2)C1. The Labute approximate surface area is 168 Å². The van der Waals surface area contributed by atoms with Crippen molar-refractivity contribution in [2.45, 2.75) is 19.3 Å². The standard InChI is InChI=1S/C20H22N6O3/c1-28-17-7-3-2-6-15(17)23-20(27)26-10-4-5-14(13-26)11-18-24-19(25-29-18)16-12-21-8-9-22-16/h2-3,6-9,12,14H,4-5,10-11,13H2,1H3,(H,23,27). The number of aromatic nitrogens is 4. The predicted octanol–water partition coefficient (Wildman–Crippen LogP) is 3.02. The van der Waals surface area contributed by atoms with Gasteiger partial charge in [0.25, 0.3) is 0 Å². The Hall–Kier alpha value is -3.49. The number of methoxy groups -OCH3 is 1. The second-order valence-corrected chi connectivity index (χ2v) is 6.89. The van der Waals surface area contributed by atoms with E-state index in [-0.39, 0.29) is 11.9 Å². The lowest BCUT2D eigenvalue weighted by atomic mass is 9.95. The fourth-order valence-corrected chi connectivity index (χ4v) is 3.46. The quantitative estimate of drug-likeness (QED) is 0.709. The Bertz CT molecular complexity index is 962. The summed E-state index contributed by atoms with van der Waals surface area (Å²) in [4.78, 5) is 27.2. The maximum atomic E-state index is 12.7. The van der Waals surface area contributed by atoms with Crippen LogP contribution in [-0.2, 0) is 6.42 Å². The van der Waals surface area contributed by atoms with Gasteiger partial charge in [-0.3, -0.25) is 4.98 Å². The molecule has 0 bridgehead atoms. The first-order valence-corrected chi connectivity index (χ1v) is 9.51. The lowest BCUT2D eigenvalue weighted by Gasteiger charge is -2.32. The van der Waals surface area contributed by atoms with E-state index in [2.05, 4.69) is 25.4 Å². The Kier molecular flexibility index (Phi) is 5.64. The van der Waals surface area contributed by atoms with E-state index in [9.17, 15) is 4.79 Å². The lowest BCUT2D eigenvalue weighted by Crippen LogP contribution is -2.42. The third kappa shape index (κ3) is 4.50. The zero-order chi connectivity index (χ0) is 20.1. The summed E-state index contributed by atoms with van der Waals surface area (Å²) in [5, 5.41) is 6.92. The van der Waals surface area contributed by atoms with Crippen LogP contribution in [0.2, 0.25) is 0 Å². The molecule has 4 rings (SSSR count). The summed E-state index contributed by atoms with van der Waals surface area (Å²) < 4.78 is 10.7. The monoisotopic (exact) mass is 394 g/mol. The van der Waals surface area contributed by atoms with Gasteiger partial charge in [-0.25, -0.2) is 9.78 Å². The van der Waals surface area contributed by atoms with Crippen LogP contribution in [-0.4, -0.2) is 51.2 Å². The van der Waals surface area contributed by atoms with Gasteiger partial charge in [0.2, 0.25) is 11.7 Å². The highest BCUT2D eigenvalue weighted by Crippen LogP contribution is 2.25. The second kappa shape index (κ2) is 8.68. The van der Waals surface area contributed by atoms with Gasteiger partial charge >= 0.3 is 6.03 Å². The molecule has 150 valence electrons. The molecule has 1 aliphatic heterocycles. The minimum absolute atomic E-state index is 0.134. The number of hydrogen-bond acceptors (Lipinski definition) is 7. The van der Waals surface area contributed by atoms with Gasteiger partial charge in [0, 0.05) is 31.9 Å². The van der Waals surface area contributed by atoms with E-state index in [0.717, 1.165) is 12.8 Å². The molecule has 1 unspecified atom stereocenters. The van der Waals surface area contributed by atoms with Crippen molar-refractivity contribution in [3.05, 3.63) is 48.7 Å². The van der Waals surface area contributed by atoms with Crippen LogP contribution >= 0.6 is 0 Å². The number of carbonyl (C=O) groups is 1. The number of benzene rings is 1. The number of likely N-dealkylation sites (tertiary alicyclic amines) is 1. The molecule has 1 aromatic carbocycles. The van der Waals surface area contributed by atoms with E-state index in [1.807, 2.05) is 29.2 Å². The molecule has 1 fully saturated rings. The molecule has 29 heavy (non-hydrogen) atoms. The maximum Gasteiger partial charge on any atom is 0.321 e. The van der Waals surface area contributed by atoms with Gasteiger partial charge in [-0.05, 0) is 30.9 Å². The molecule has 9 heteroatoms. The number of para-hydroxylation sites is 2. The highest BCUT2D eigenvalue weighted by atomic mass is 16.5. The molecule has 0 saturated carbocycles. The van der Waals surface area contributed by atoms with Crippen LogP contribution in [0.25, 0.3) is 11.5 Å². The number of piperidine rings is 1. The molecule has 1 aliphatic rings. The van der Waals surface area contributed by atoms with Gasteiger partial charge in [-0.15, -0.1) is 0 Å². The second-order valence-electron chi connectivity index (χ2n) is 6.89. The Morgan fingerprint density at radius 2 is 2.24 bits per heavy atom. The topological polar surface area (TPSA) is 106 Å². The maximum absolute atomic E-state index is 12.7. The number of nitrogens with zero attached hydrogens (tertiary/aromatic N) is 5. The van der Waals surface area contributed by atoms with E-state index in [0.29, 0.717) is 48.4 Å². The molecule has 0 aliphatic carbocycles. The fraction of sp³-hybridized carbons (Fsp3) is 0.350. The van der Waals surface area contributed by atoms with Crippen molar-refractivity contribution in [1.29, 1.82) is 0 Å². The average molecular weight is 394 g/mol. The van der Waals surface area contributed by atoms with Crippen molar-refractivity contribution in [2.75, 3.05) is 25.5 Å². The van der Waals surface area contributed by atoms with Gasteiger partial charge in [0.15, 0.2) is 0 Å². The van der Waals surface area contributed by atoms with Crippen LogP contribution in [0.15, 0.2) is 47.4 Å². The number of urea groups is 1. The molecule has 2 amide bonds. The van der Waals surface area contributed by atoms with Crippen LogP contribution in [0.1, 0.15) is 18.7 Å². The Morgan fingerprint density at radius 1 is 1.34 bits per heavy atom. The predicted molar refractivity (Wildman–Crippen MR) is 105 cm³/mol. The molecule has 1 saturated heterocycles. The summed E-state index contributed by atoms with van der Waals surface area (Å²) in [6, 6.07) is 7.24. The fourth-order valence-electron chi connectivity index (χ4n) is 3.46. The average Bonchev–Trinajstić information content (AvgIpc) is 3.23. The largest absolute Gasteiger partial charge is 0.495 e. The van der Waals surface area contributed by atoms with Gasteiger partial charge in [0.1, 0.15) is 11.4 Å². The van der Waals surface area contributed by atoms with Gasteiger partial charge in [-0.1, -0.05) is 17.3 Å². The minimum Gasteiger partial charge on any atom is -0.495 e. The summed E-state index contributed by atoms with van der Waals surface area (Å²) in [5.41, 5.74) is 1.23. The first kappa shape index (κ1) is 18.9. The first-order chi connectivity index (χ1) is 14.2. The van der Waals surface area contributed by atoms with Gasteiger partial charge in [0.05, 0.1) is 19.0 Å². The molecule has 0 radical (unpaired) electrons. The van der Waals surface area contributed by atoms with Crippen molar-refractivity contribution in [2.24, 2.45) is 5.92 Å². The smallest absolute Gasteiger partial charge is 0.321 e. The zero-order valence-electron chi connectivity index (χ0n) is 16.1. The number of ether oxygens (including phenoxy) is 1. The van der Waals surface area contributed by atoms with Crippen LogP contribution in [0.3, 0.4) is 0 Å². The van der Waals surface area contributed by atoms with Crippen LogP contribution in [0.5, 0.6) is 5.75 Å². The van der Waals surface area contributed by atoms with E-state index in [1.54, 1.807) is 25.7 Å². The van der Waals surface area contributed by atoms with Crippen LogP contribution in [0, 0.1) is 5.92 Å². The van der Waals surface area contributed by atoms with E-state index >= 15 is 0 Å². The third-order valence-electron chi connectivity index (χ3n) is 4.88. The molecule has 9 nitrogen and oxygen atoms in total. The van der Waals surface area contributed by atoms with Crippen molar-refractivity contribution < 1.29 is 14.1 Å². The van der Waals surface area contributed by atoms with Crippen molar-refractivity contribution >= 4 is 11.7 Å². The van der Waals surface area contributed by atoms with Gasteiger partial charge in [-0.2, -0.15) is 4.98 Å². The lowest BCUT2D eigenvalue weighted by molar-refractivity contribution is 0.173. The number of carbonyl (C=O) groups excluding carboxylic acids is 1. The molecule has 3 aromatic rings. The third-order valence-corrected chi connectivity index (χ3v) is 4.88. The molecule has 1 atom stereocenters. The van der Waals surface area contributed by atoms with Crippen LogP contribution < -0.4 is 10.1 Å². The number of hydrogen-bond donors (Lipinski definition) is 1. The summed E-state index contributed by atoms with van der Waals surface area (Å²) >= 11 is 0. The first-order valence-electron chi connectivity index (χ1n) is 9.51. The normalized spacial score (nSPS) is 16.4. The Morgan fingerprint density at radius 3 is 3.07 bits per heavy atom.